The molecule has 1 aromatic heterocycles. The fraction of sp³-hybridized carbons (Fsp3) is 0.421. The second-order valence-corrected chi connectivity index (χ2v) is 5.84. The molecule has 3 rings (SSSR count). The Kier molecular flexibility index (Phi) is 6.78. The van der Waals surface area contributed by atoms with Crippen molar-refractivity contribution >= 4 is 5.96 Å². The lowest BCUT2D eigenvalue weighted by atomic mass is 10.1. The minimum Gasteiger partial charge on any atom is -0.469 e. The molecule has 1 aromatic carbocycles. The molecule has 0 radical (unpaired) electrons. The first-order chi connectivity index (χ1) is 12.8. The highest BCUT2D eigenvalue weighted by atomic mass is 16.7. The number of nitrogens with one attached hydrogen (secondary N) is 2. The summed E-state index contributed by atoms with van der Waals surface area (Å²) in [6.07, 6.45) is 3.35. The molecule has 2 N–H and O–H groups in total. The van der Waals surface area contributed by atoms with Gasteiger partial charge in [-0.05, 0) is 36.2 Å². The summed E-state index contributed by atoms with van der Waals surface area (Å²) in [4.78, 5) is 4.52. The van der Waals surface area contributed by atoms with Gasteiger partial charge in [-0.25, -0.2) is 0 Å². The molecule has 0 atom stereocenters. The molecule has 0 aliphatic carbocycles. The molecular weight excluding hydrogens is 334 g/mol. The van der Waals surface area contributed by atoms with Crippen LogP contribution in [0.15, 0.2) is 46.0 Å². The summed E-state index contributed by atoms with van der Waals surface area (Å²) in [5, 5.41) is 6.68. The van der Waals surface area contributed by atoms with Crippen LogP contribution in [-0.2, 0) is 17.6 Å². The number of aliphatic imine (C=N–C) groups is 1. The van der Waals surface area contributed by atoms with Gasteiger partial charge in [0.05, 0.1) is 19.4 Å². The number of rotatable bonds is 9. The topological polar surface area (TPSA) is 77.2 Å². The van der Waals surface area contributed by atoms with E-state index in [1.807, 2.05) is 24.3 Å². The second-order valence-electron chi connectivity index (χ2n) is 5.84. The highest BCUT2D eigenvalue weighted by molar-refractivity contribution is 5.79. The zero-order valence-corrected chi connectivity index (χ0v) is 15.0. The van der Waals surface area contributed by atoms with Crippen LogP contribution in [0.5, 0.6) is 11.5 Å². The standard InChI is InChI=1S/C19H25N3O4/c1-23-12-10-22-19(21-9-7-16-3-2-11-24-16)20-8-6-15-4-5-17-18(13-15)26-14-25-17/h2-5,11,13H,6-10,12,14H2,1H3,(H2,20,21,22). The third kappa shape index (κ3) is 5.42. The van der Waals surface area contributed by atoms with Crippen LogP contribution in [0.25, 0.3) is 0 Å². The second kappa shape index (κ2) is 9.72. The molecule has 0 saturated carbocycles. The smallest absolute Gasteiger partial charge is 0.231 e. The van der Waals surface area contributed by atoms with Crippen molar-refractivity contribution in [2.75, 3.05) is 40.1 Å². The zero-order valence-electron chi connectivity index (χ0n) is 15.0. The fourth-order valence-corrected chi connectivity index (χ4v) is 2.60. The fourth-order valence-electron chi connectivity index (χ4n) is 2.60. The van der Waals surface area contributed by atoms with Crippen molar-refractivity contribution < 1.29 is 18.6 Å². The van der Waals surface area contributed by atoms with E-state index in [0.717, 1.165) is 49.1 Å². The van der Waals surface area contributed by atoms with E-state index in [-0.39, 0.29) is 0 Å². The minimum absolute atomic E-state index is 0.299. The molecule has 140 valence electrons. The third-order valence-electron chi connectivity index (χ3n) is 3.95. The lowest BCUT2D eigenvalue weighted by Gasteiger charge is -2.12. The van der Waals surface area contributed by atoms with E-state index in [2.05, 4.69) is 21.7 Å². The predicted octanol–water partition coefficient (Wildman–Crippen LogP) is 1.98. The zero-order chi connectivity index (χ0) is 18.0. The monoisotopic (exact) mass is 359 g/mol. The maximum Gasteiger partial charge on any atom is 0.231 e. The van der Waals surface area contributed by atoms with Gasteiger partial charge in [0.15, 0.2) is 17.5 Å². The summed E-state index contributed by atoms with van der Waals surface area (Å²) in [6.45, 7) is 3.01. The highest BCUT2D eigenvalue weighted by Crippen LogP contribution is 2.32. The van der Waals surface area contributed by atoms with Crippen LogP contribution in [0.2, 0.25) is 0 Å². The molecule has 0 unspecified atom stereocenters. The number of benzene rings is 1. The number of methoxy groups -OCH3 is 1. The average molecular weight is 359 g/mol. The largest absolute Gasteiger partial charge is 0.469 e. The van der Waals surface area contributed by atoms with Crippen LogP contribution in [0.4, 0.5) is 0 Å². The third-order valence-corrected chi connectivity index (χ3v) is 3.95. The Morgan fingerprint density at radius 3 is 2.77 bits per heavy atom. The van der Waals surface area contributed by atoms with Crippen molar-refractivity contribution in [1.29, 1.82) is 0 Å². The number of ether oxygens (including phenoxy) is 3. The van der Waals surface area contributed by atoms with Gasteiger partial charge in [0.1, 0.15) is 5.76 Å². The molecule has 0 fully saturated rings. The number of furan rings is 1. The molecule has 0 bridgehead atoms. The van der Waals surface area contributed by atoms with Crippen LogP contribution >= 0.6 is 0 Å². The van der Waals surface area contributed by atoms with Gasteiger partial charge in [-0.2, -0.15) is 0 Å². The summed E-state index contributed by atoms with van der Waals surface area (Å²) in [6, 6.07) is 9.90. The van der Waals surface area contributed by atoms with E-state index in [1.165, 1.54) is 5.56 Å². The van der Waals surface area contributed by atoms with Gasteiger partial charge >= 0.3 is 0 Å². The first-order valence-electron chi connectivity index (χ1n) is 8.77. The van der Waals surface area contributed by atoms with Gasteiger partial charge in [-0.1, -0.05) is 6.07 Å². The first-order valence-corrected chi connectivity index (χ1v) is 8.77. The molecule has 2 aromatic rings. The normalized spacial score (nSPS) is 13.0. The summed E-state index contributed by atoms with van der Waals surface area (Å²) in [7, 11) is 1.67. The van der Waals surface area contributed by atoms with Crippen LogP contribution in [-0.4, -0.2) is 46.1 Å². The van der Waals surface area contributed by atoms with Crippen molar-refractivity contribution in [2.45, 2.75) is 12.8 Å². The van der Waals surface area contributed by atoms with Crippen molar-refractivity contribution in [1.82, 2.24) is 10.6 Å². The first kappa shape index (κ1) is 18.1. The Hall–Kier alpha value is -2.67. The molecule has 1 aliphatic heterocycles. The molecule has 0 saturated heterocycles. The van der Waals surface area contributed by atoms with Gasteiger partial charge < -0.3 is 29.3 Å². The van der Waals surface area contributed by atoms with E-state index in [9.17, 15) is 0 Å². The molecule has 0 amide bonds. The van der Waals surface area contributed by atoms with E-state index in [4.69, 9.17) is 18.6 Å². The van der Waals surface area contributed by atoms with Crippen molar-refractivity contribution in [2.24, 2.45) is 4.99 Å². The number of hydrogen-bond acceptors (Lipinski definition) is 5. The molecular formula is C19H25N3O4. The molecule has 2 heterocycles. The average Bonchev–Trinajstić information content (AvgIpc) is 3.32. The lowest BCUT2D eigenvalue weighted by molar-refractivity contribution is 0.174. The molecule has 0 spiro atoms. The van der Waals surface area contributed by atoms with Crippen molar-refractivity contribution in [3.63, 3.8) is 0 Å². The summed E-state index contributed by atoms with van der Waals surface area (Å²) in [5.74, 6) is 3.35. The summed E-state index contributed by atoms with van der Waals surface area (Å²) >= 11 is 0. The Labute approximate surface area is 153 Å². The number of nitrogens with zero attached hydrogens (tertiary/aromatic N) is 1. The van der Waals surface area contributed by atoms with Gasteiger partial charge in [-0.15, -0.1) is 0 Å². The van der Waals surface area contributed by atoms with Crippen molar-refractivity contribution in [3.05, 3.63) is 47.9 Å². The highest BCUT2D eigenvalue weighted by Gasteiger charge is 2.12. The quantitative estimate of drug-likeness (QED) is 0.405. The Balaban J connectivity index is 1.46. The van der Waals surface area contributed by atoms with Crippen LogP contribution in [0, 0.1) is 0 Å². The van der Waals surface area contributed by atoms with E-state index in [0.29, 0.717) is 19.9 Å². The van der Waals surface area contributed by atoms with Gasteiger partial charge in [-0.3, -0.25) is 4.99 Å². The van der Waals surface area contributed by atoms with E-state index >= 15 is 0 Å². The van der Waals surface area contributed by atoms with Gasteiger partial charge in [0.2, 0.25) is 6.79 Å². The Morgan fingerprint density at radius 2 is 1.96 bits per heavy atom. The van der Waals surface area contributed by atoms with Crippen LogP contribution < -0.4 is 20.1 Å². The molecule has 26 heavy (non-hydrogen) atoms. The number of hydrogen-bond donors (Lipinski definition) is 2. The van der Waals surface area contributed by atoms with Crippen LogP contribution in [0.1, 0.15) is 11.3 Å². The predicted molar refractivity (Wildman–Crippen MR) is 98.9 cm³/mol. The lowest BCUT2D eigenvalue weighted by Crippen LogP contribution is -2.39. The summed E-state index contributed by atoms with van der Waals surface area (Å²) in [5.41, 5.74) is 1.19. The minimum atomic E-state index is 0.299. The summed E-state index contributed by atoms with van der Waals surface area (Å²) < 4.78 is 21.2. The maximum absolute atomic E-state index is 5.42. The molecule has 1 aliphatic rings. The maximum atomic E-state index is 5.42. The van der Waals surface area contributed by atoms with Gasteiger partial charge in [0, 0.05) is 26.6 Å². The number of fused-ring (bicyclic) bond motifs is 1. The molecule has 7 heteroatoms. The Morgan fingerprint density at radius 1 is 1.12 bits per heavy atom. The van der Waals surface area contributed by atoms with Crippen molar-refractivity contribution in [3.8, 4) is 11.5 Å². The van der Waals surface area contributed by atoms with Crippen LogP contribution in [0.3, 0.4) is 0 Å². The van der Waals surface area contributed by atoms with Gasteiger partial charge in [0.25, 0.3) is 0 Å². The number of guanidine groups is 1. The Bertz CT molecular complexity index is 701. The SMILES string of the molecule is COCCN=C(NCCc1ccc2c(c1)OCO2)NCCc1ccco1. The molecule has 7 nitrogen and oxygen atoms in total. The van der Waals surface area contributed by atoms with E-state index < -0.39 is 0 Å². The van der Waals surface area contributed by atoms with E-state index in [1.54, 1.807) is 13.4 Å².